The minimum atomic E-state index is 0.193. The van der Waals surface area contributed by atoms with E-state index in [0.717, 1.165) is 29.8 Å². The van der Waals surface area contributed by atoms with Crippen molar-refractivity contribution in [3.63, 3.8) is 0 Å². The smallest absolute Gasteiger partial charge is 0.123 e. The molecule has 0 fully saturated rings. The number of para-hydroxylation sites is 1. The van der Waals surface area contributed by atoms with Crippen molar-refractivity contribution in [2.45, 2.75) is 19.4 Å². The number of nitrogens with one attached hydrogen (secondary N) is 1. The normalized spacial score (nSPS) is 12.1. The second-order valence-electron chi connectivity index (χ2n) is 4.65. The molecule has 4 heteroatoms. The molecular formula is C16H21N3O. The predicted molar refractivity (Wildman–Crippen MR) is 81.8 cm³/mol. The highest BCUT2D eigenvalue weighted by atomic mass is 16.5. The standard InChI is InChI=1S/C16H21N3O/c1-3-18-14(10-12-8-9-19-16(17)11-12)13-6-4-5-7-15(13)20-2/h4-9,11,14,18H,3,10H2,1-2H3,(H2,17,19). The Labute approximate surface area is 120 Å². The van der Waals surface area contributed by atoms with Crippen LogP contribution < -0.4 is 15.8 Å². The van der Waals surface area contributed by atoms with Crippen LogP contribution in [0.2, 0.25) is 0 Å². The zero-order chi connectivity index (χ0) is 14.4. The van der Waals surface area contributed by atoms with Crippen LogP contribution in [0.3, 0.4) is 0 Å². The van der Waals surface area contributed by atoms with Gasteiger partial charge in [0.05, 0.1) is 7.11 Å². The van der Waals surface area contributed by atoms with Crippen molar-refractivity contribution in [3.8, 4) is 5.75 Å². The van der Waals surface area contributed by atoms with E-state index in [2.05, 4.69) is 23.3 Å². The molecule has 0 radical (unpaired) electrons. The van der Waals surface area contributed by atoms with E-state index in [1.807, 2.05) is 30.3 Å². The average molecular weight is 271 g/mol. The van der Waals surface area contributed by atoms with Crippen LogP contribution in [0.25, 0.3) is 0 Å². The number of nitrogens with two attached hydrogens (primary N) is 1. The van der Waals surface area contributed by atoms with Crippen LogP contribution in [0.5, 0.6) is 5.75 Å². The molecule has 1 unspecified atom stereocenters. The van der Waals surface area contributed by atoms with Crippen molar-refractivity contribution < 1.29 is 4.74 Å². The number of hydrogen-bond acceptors (Lipinski definition) is 4. The number of aromatic nitrogens is 1. The molecule has 0 aliphatic heterocycles. The van der Waals surface area contributed by atoms with Crippen LogP contribution in [0.15, 0.2) is 42.6 Å². The second-order valence-corrected chi connectivity index (χ2v) is 4.65. The Kier molecular flexibility index (Phi) is 4.96. The highest BCUT2D eigenvalue weighted by molar-refractivity contribution is 5.38. The van der Waals surface area contributed by atoms with E-state index in [0.29, 0.717) is 5.82 Å². The number of benzene rings is 1. The Hall–Kier alpha value is -2.07. The second kappa shape index (κ2) is 6.91. The fraction of sp³-hybridized carbons (Fsp3) is 0.312. The number of likely N-dealkylation sites (N-methyl/N-ethyl adjacent to an activating group) is 1. The lowest BCUT2D eigenvalue weighted by Gasteiger charge is -2.21. The van der Waals surface area contributed by atoms with E-state index in [4.69, 9.17) is 10.5 Å². The molecule has 0 bridgehead atoms. The van der Waals surface area contributed by atoms with E-state index in [1.165, 1.54) is 0 Å². The fourth-order valence-corrected chi connectivity index (χ4v) is 2.35. The molecule has 1 atom stereocenters. The van der Waals surface area contributed by atoms with Gasteiger partial charge >= 0.3 is 0 Å². The van der Waals surface area contributed by atoms with Crippen molar-refractivity contribution in [2.24, 2.45) is 0 Å². The van der Waals surface area contributed by atoms with E-state index in [9.17, 15) is 0 Å². The van der Waals surface area contributed by atoms with Gasteiger partial charge in [0.15, 0.2) is 0 Å². The van der Waals surface area contributed by atoms with Gasteiger partial charge in [-0.05, 0) is 36.7 Å². The molecule has 20 heavy (non-hydrogen) atoms. The Morgan fingerprint density at radius 3 is 2.80 bits per heavy atom. The first-order valence-electron chi connectivity index (χ1n) is 6.81. The quantitative estimate of drug-likeness (QED) is 0.847. The number of pyridine rings is 1. The topological polar surface area (TPSA) is 60.2 Å². The van der Waals surface area contributed by atoms with E-state index in [1.54, 1.807) is 13.3 Å². The van der Waals surface area contributed by atoms with Crippen LogP contribution in [-0.4, -0.2) is 18.6 Å². The van der Waals surface area contributed by atoms with Crippen molar-refractivity contribution in [3.05, 3.63) is 53.7 Å². The molecule has 1 aromatic carbocycles. The Morgan fingerprint density at radius 1 is 1.30 bits per heavy atom. The molecular weight excluding hydrogens is 250 g/mol. The molecule has 0 saturated heterocycles. The third kappa shape index (κ3) is 3.48. The summed E-state index contributed by atoms with van der Waals surface area (Å²) in [6.45, 7) is 2.99. The molecule has 1 aromatic heterocycles. The van der Waals surface area contributed by atoms with Gasteiger partial charge in [0, 0.05) is 17.8 Å². The first kappa shape index (κ1) is 14.3. The Bertz CT molecular complexity index is 557. The largest absolute Gasteiger partial charge is 0.496 e. The van der Waals surface area contributed by atoms with Gasteiger partial charge < -0.3 is 15.8 Å². The summed E-state index contributed by atoms with van der Waals surface area (Å²) in [6, 6.07) is 12.2. The molecule has 3 N–H and O–H groups in total. The molecule has 0 aliphatic carbocycles. The van der Waals surface area contributed by atoms with Crippen LogP contribution >= 0.6 is 0 Å². The molecule has 2 aromatic rings. The minimum Gasteiger partial charge on any atom is -0.496 e. The summed E-state index contributed by atoms with van der Waals surface area (Å²) >= 11 is 0. The predicted octanol–water partition coefficient (Wildman–Crippen LogP) is 2.57. The van der Waals surface area contributed by atoms with Crippen LogP contribution in [0.4, 0.5) is 5.82 Å². The zero-order valence-electron chi connectivity index (χ0n) is 12.0. The van der Waals surface area contributed by atoms with Crippen molar-refractivity contribution in [2.75, 3.05) is 19.4 Å². The number of nitrogens with zero attached hydrogens (tertiary/aromatic N) is 1. The maximum atomic E-state index is 5.75. The molecule has 0 spiro atoms. The summed E-state index contributed by atoms with van der Waals surface area (Å²) in [6.07, 6.45) is 2.59. The molecule has 0 aliphatic rings. The van der Waals surface area contributed by atoms with Gasteiger partial charge in [0.25, 0.3) is 0 Å². The number of hydrogen-bond donors (Lipinski definition) is 2. The molecule has 106 valence electrons. The first-order chi connectivity index (χ1) is 9.74. The van der Waals surface area contributed by atoms with Crippen molar-refractivity contribution in [1.82, 2.24) is 10.3 Å². The zero-order valence-corrected chi connectivity index (χ0v) is 12.0. The van der Waals surface area contributed by atoms with E-state index in [-0.39, 0.29) is 6.04 Å². The molecule has 0 saturated carbocycles. The lowest BCUT2D eigenvalue weighted by molar-refractivity contribution is 0.399. The van der Waals surface area contributed by atoms with Crippen molar-refractivity contribution >= 4 is 5.82 Å². The van der Waals surface area contributed by atoms with Gasteiger partial charge in [-0.25, -0.2) is 4.98 Å². The highest BCUT2D eigenvalue weighted by Gasteiger charge is 2.15. The number of nitrogen functional groups attached to an aromatic ring is 1. The Balaban J connectivity index is 2.26. The van der Waals surface area contributed by atoms with Crippen LogP contribution in [0.1, 0.15) is 24.1 Å². The number of anilines is 1. The van der Waals surface area contributed by atoms with Crippen LogP contribution in [0, 0.1) is 0 Å². The third-order valence-electron chi connectivity index (χ3n) is 3.25. The van der Waals surface area contributed by atoms with E-state index < -0.39 is 0 Å². The summed E-state index contributed by atoms with van der Waals surface area (Å²) in [5, 5.41) is 3.50. The van der Waals surface area contributed by atoms with Gasteiger partial charge in [-0.15, -0.1) is 0 Å². The summed E-state index contributed by atoms with van der Waals surface area (Å²) in [7, 11) is 1.70. The summed E-state index contributed by atoms with van der Waals surface area (Å²) < 4.78 is 5.46. The summed E-state index contributed by atoms with van der Waals surface area (Å²) in [5.74, 6) is 1.46. The SMILES string of the molecule is CCNC(Cc1ccnc(N)c1)c1ccccc1OC. The van der Waals surface area contributed by atoms with Crippen molar-refractivity contribution in [1.29, 1.82) is 0 Å². The molecule has 4 nitrogen and oxygen atoms in total. The van der Waals surface area contributed by atoms with Gasteiger partial charge in [0.1, 0.15) is 11.6 Å². The maximum Gasteiger partial charge on any atom is 0.123 e. The highest BCUT2D eigenvalue weighted by Crippen LogP contribution is 2.27. The van der Waals surface area contributed by atoms with Gasteiger partial charge in [-0.1, -0.05) is 25.1 Å². The van der Waals surface area contributed by atoms with Gasteiger partial charge in [0.2, 0.25) is 0 Å². The summed E-state index contributed by atoms with van der Waals surface area (Å²) in [5.41, 5.74) is 8.07. The maximum absolute atomic E-state index is 5.75. The van der Waals surface area contributed by atoms with Gasteiger partial charge in [-0.3, -0.25) is 0 Å². The minimum absolute atomic E-state index is 0.193. The summed E-state index contributed by atoms with van der Waals surface area (Å²) in [4.78, 5) is 4.03. The number of methoxy groups -OCH3 is 1. The first-order valence-corrected chi connectivity index (χ1v) is 6.81. The Morgan fingerprint density at radius 2 is 2.10 bits per heavy atom. The molecule has 0 amide bonds. The lowest BCUT2D eigenvalue weighted by atomic mass is 9.98. The molecule has 2 rings (SSSR count). The van der Waals surface area contributed by atoms with Gasteiger partial charge in [-0.2, -0.15) is 0 Å². The third-order valence-corrected chi connectivity index (χ3v) is 3.25. The van der Waals surface area contributed by atoms with Crippen LogP contribution in [-0.2, 0) is 6.42 Å². The monoisotopic (exact) mass is 271 g/mol. The number of ether oxygens (including phenoxy) is 1. The number of rotatable bonds is 6. The molecule has 1 heterocycles. The average Bonchev–Trinajstić information content (AvgIpc) is 2.47. The van der Waals surface area contributed by atoms with E-state index >= 15 is 0 Å². The lowest BCUT2D eigenvalue weighted by Crippen LogP contribution is -2.23. The fourth-order valence-electron chi connectivity index (χ4n) is 2.35.